The summed E-state index contributed by atoms with van der Waals surface area (Å²) in [5.41, 5.74) is 0.742. The van der Waals surface area contributed by atoms with E-state index in [1.54, 1.807) is 0 Å². The summed E-state index contributed by atoms with van der Waals surface area (Å²) in [5.74, 6) is 0.787. The molecule has 2 fully saturated rings. The monoisotopic (exact) mass is 290 g/mol. The van der Waals surface area contributed by atoms with Crippen LogP contribution in [0.5, 0.6) is 0 Å². The molecule has 1 aromatic rings. The second-order valence-electron chi connectivity index (χ2n) is 6.62. The second-order valence-corrected chi connectivity index (χ2v) is 6.62. The molecular weight excluding hydrogens is 267 g/mol. The summed E-state index contributed by atoms with van der Waals surface area (Å²) in [6, 6.07) is 7.08. The highest BCUT2D eigenvalue weighted by atomic mass is 19.1. The van der Waals surface area contributed by atoms with E-state index in [-0.39, 0.29) is 17.8 Å². The van der Waals surface area contributed by atoms with Crippen LogP contribution in [-0.2, 0) is 4.79 Å². The lowest BCUT2D eigenvalue weighted by Crippen LogP contribution is -2.46. The summed E-state index contributed by atoms with van der Waals surface area (Å²) in [7, 11) is 1.84. The van der Waals surface area contributed by atoms with Crippen LogP contribution < -0.4 is 10.6 Å². The number of rotatable bonds is 3. The van der Waals surface area contributed by atoms with Crippen molar-refractivity contribution in [3.8, 4) is 0 Å². The van der Waals surface area contributed by atoms with Crippen molar-refractivity contribution in [3.63, 3.8) is 0 Å². The number of halogens is 1. The van der Waals surface area contributed by atoms with Gasteiger partial charge in [-0.2, -0.15) is 0 Å². The SMILES string of the molecule is CN[C@]1(C)C[C@H](C2CCCC2c2ccc(F)cc2)NC1=O. The third kappa shape index (κ3) is 2.57. The summed E-state index contributed by atoms with van der Waals surface area (Å²) >= 11 is 0. The van der Waals surface area contributed by atoms with Gasteiger partial charge in [-0.1, -0.05) is 18.6 Å². The third-order valence-electron chi connectivity index (χ3n) is 5.38. The van der Waals surface area contributed by atoms with Gasteiger partial charge in [0.15, 0.2) is 0 Å². The van der Waals surface area contributed by atoms with Crippen LogP contribution >= 0.6 is 0 Å². The summed E-state index contributed by atoms with van der Waals surface area (Å²) in [4.78, 5) is 12.2. The van der Waals surface area contributed by atoms with E-state index in [1.165, 1.54) is 24.1 Å². The Hall–Kier alpha value is -1.42. The zero-order valence-corrected chi connectivity index (χ0v) is 12.7. The molecule has 3 rings (SSSR count). The van der Waals surface area contributed by atoms with E-state index in [4.69, 9.17) is 0 Å². The van der Waals surface area contributed by atoms with Gasteiger partial charge >= 0.3 is 0 Å². The topological polar surface area (TPSA) is 41.1 Å². The number of carbonyl (C=O) groups is 1. The minimum Gasteiger partial charge on any atom is -0.351 e. The Morgan fingerprint density at radius 1 is 1.29 bits per heavy atom. The Morgan fingerprint density at radius 3 is 2.62 bits per heavy atom. The standard InChI is InChI=1S/C17H23FN2O/c1-17(19-2)10-15(20-16(17)21)14-5-3-4-13(14)11-6-8-12(18)9-7-11/h6-9,13-15,19H,3-5,10H2,1-2H3,(H,20,21)/t13?,14?,15-,17-/m1/s1. The predicted molar refractivity (Wildman–Crippen MR) is 80.5 cm³/mol. The maximum Gasteiger partial charge on any atom is 0.240 e. The average Bonchev–Trinajstić information content (AvgIpc) is 3.06. The van der Waals surface area contributed by atoms with E-state index in [0.717, 1.165) is 19.3 Å². The molecule has 1 saturated carbocycles. The number of hydrogen-bond acceptors (Lipinski definition) is 2. The van der Waals surface area contributed by atoms with Crippen molar-refractivity contribution >= 4 is 5.91 Å². The first-order chi connectivity index (χ1) is 10.0. The van der Waals surface area contributed by atoms with Crippen molar-refractivity contribution in [2.24, 2.45) is 5.92 Å². The summed E-state index contributed by atoms with van der Waals surface area (Å²) in [6.45, 7) is 1.96. The molecule has 0 bridgehead atoms. The molecule has 4 atom stereocenters. The second kappa shape index (κ2) is 5.41. The molecule has 2 aliphatic rings. The van der Waals surface area contributed by atoms with Gasteiger partial charge in [-0.25, -0.2) is 4.39 Å². The summed E-state index contributed by atoms with van der Waals surface area (Å²) in [5, 5.41) is 6.32. The lowest BCUT2D eigenvalue weighted by Gasteiger charge is -2.27. The summed E-state index contributed by atoms with van der Waals surface area (Å²) in [6.07, 6.45) is 4.26. The quantitative estimate of drug-likeness (QED) is 0.898. The molecule has 0 radical (unpaired) electrons. The van der Waals surface area contributed by atoms with E-state index in [2.05, 4.69) is 10.6 Å². The number of likely N-dealkylation sites (N-methyl/N-ethyl adjacent to an activating group) is 1. The fourth-order valence-corrected chi connectivity index (χ4v) is 3.98. The van der Waals surface area contributed by atoms with E-state index in [1.807, 2.05) is 26.1 Å². The molecule has 0 spiro atoms. The van der Waals surface area contributed by atoms with Gasteiger partial charge in [-0.15, -0.1) is 0 Å². The molecule has 114 valence electrons. The van der Waals surface area contributed by atoms with Crippen LogP contribution in [0, 0.1) is 11.7 Å². The Balaban J connectivity index is 1.79. The zero-order valence-electron chi connectivity index (χ0n) is 12.7. The molecule has 1 aliphatic heterocycles. The molecule has 4 heteroatoms. The van der Waals surface area contributed by atoms with Crippen LogP contribution in [0.25, 0.3) is 0 Å². The minimum atomic E-state index is -0.458. The Morgan fingerprint density at radius 2 is 2.00 bits per heavy atom. The number of benzene rings is 1. The van der Waals surface area contributed by atoms with Gasteiger partial charge in [0, 0.05) is 6.04 Å². The molecule has 2 unspecified atom stereocenters. The van der Waals surface area contributed by atoms with Crippen molar-refractivity contribution in [1.82, 2.24) is 10.6 Å². The first-order valence-electron chi connectivity index (χ1n) is 7.79. The van der Waals surface area contributed by atoms with Gasteiger partial charge in [-0.05, 0) is 62.8 Å². The first kappa shape index (κ1) is 14.5. The van der Waals surface area contributed by atoms with Crippen LogP contribution in [0.2, 0.25) is 0 Å². The van der Waals surface area contributed by atoms with E-state index in [9.17, 15) is 9.18 Å². The number of hydrogen-bond donors (Lipinski definition) is 2. The van der Waals surface area contributed by atoms with Gasteiger partial charge in [0.2, 0.25) is 5.91 Å². The maximum atomic E-state index is 13.1. The van der Waals surface area contributed by atoms with Crippen LogP contribution in [0.3, 0.4) is 0 Å². The van der Waals surface area contributed by atoms with Gasteiger partial charge in [-0.3, -0.25) is 4.79 Å². The van der Waals surface area contributed by atoms with Crippen LogP contribution in [0.4, 0.5) is 4.39 Å². The highest BCUT2D eigenvalue weighted by Crippen LogP contribution is 2.44. The smallest absolute Gasteiger partial charge is 0.240 e. The molecule has 1 saturated heterocycles. The summed E-state index contributed by atoms with van der Waals surface area (Å²) < 4.78 is 13.1. The predicted octanol–water partition coefficient (Wildman–Crippen LogP) is 2.58. The normalized spacial score (nSPS) is 36.0. The van der Waals surface area contributed by atoms with E-state index >= 15 is 0 Å². The molecule has 1 amide bonds. The van der Waals surface area contributed by atoms with Crippen LogP contribution in [0.1, 0.15) is 44.1 Å². The molecule has 0 aromatic heterocycles. The molecule has 2 N–H and O–H groups in total. The van der Waals surface area contributed by atoms with Crippen molar-refractivity contribution in [2.75, 3.05) is 7.05 Å². The van der Waals surface area contributed by atoms with Gasteiger partial charge in [0.25, 0.3) is 0 Å². The molecule has 3 nitrogen and oxygen atoms in total. The van der Waals surface area contributed by atoms with E-state index in [0.29, 0.717) is 11.8 Å². The maximum absolute atomic E-state index is 13.1. The average molecular weight is 290 g/mol. The Bertz CT molecular complexity index is 530. The Labute approximate surface area is 125 Å². The lowest BCUT2D eigenvalue weighted by atomic mass is 9.81. The molecule has 1 aromatic carbocycles. The van der Waals surface area contributed by atoms with Crippen molar-refractivity contribution < 1.29 is 9.18 Å². The third-order valence-corrected chi connectivity index (χ3v) is 5.38. The number of nitrogens with one attached hydrogen (secondary N) is 2. The zero-order chi connectivity index (χ0) is 15.0. The fraction of sp³-hybridized carbons (Fsp3) is 0.588. The lowest BCUT2D eigenvalue weighted by molar-refractivity contribution is -0.124. The highest BCUT2D eigenvalue weighted by Gasteiger charge is 2.47. The van der Waals surface area contributed by atoms with Gasteiger partial charge < -0.3 is 10.6 Å². The number of amides is 1. The molecule has 21 heavy (non-hydrogen) atoms. The van der Waals surface area contributed by atoms with Gasteiger partial charge in [0.1, 0.15) is 5.82 Å². The largest absolute Gasteiger partial charge is 0.351 e. The Kier molecular flexibility index (Phi) is 3.74. The fourth-order valence-electron chi connectivity index (χ4n) is 3.98. The van der Waals surface area contributed by atoms with E-state index < -0.39 is 5.54 Å². The van der Waals surface area contributed by atoms with Crippen LogP contribution in [-0.4, -0.2) is 24.5 Å². The minimum absolute atomic E-state index is 0.0970. The molecule has 1 heterocycles. The van der Waals surface area contributed by atoms with Crippen molar-refractivity contribution in [1.29, 1.82) is 0 Å². The van der Waals surface area contributed by atoms with Crippen molar-refractivity contribution in [3.05, 3.63) is 35.6 Å². The van der Waals surface area contributed by atoms with Crippen LogP contribution in [0.15, 0.2) is 24.3 Å². The van der Waals surface area contributed by atoms with Crippen molar-refractivity contribution in [2.45, 2.75) is 50.1 Å². The first-order valence-corrected chi connectivity index (χ1v) is 7.79. The number of carbonyl (C=O) groups excluding carboxylic acids is 1. The molecule has 1 aliphatic carbocycles. The van der Waals surface area contributed by atoms with Gasteiger partial charge in [0.05, 0.1) is 5.54 Å². The molecular formula is C17H23FN2O. The highest BCUT2D eigenvalue weighted by molar-refractivity contribution is 5.88.